The van der Waals surface area contributed by atoms with Crippen LogP contribution < -0.4 is 5.32 Å². The molecule has 0 aromatic carbocycles. The zero-order valence-corrected chi connectivity index (χ0v) is 12.6. The van der Waals surface area contributed by atoms with E-state index in [1.165, 1.54) is 0 Å². The lowest BCUT2D eigenvalue weighted by atomic mass is 9.77. The molecule has 3 aliphatic heterocycles. The van der Waals surface area contributed by atoms with Gasteiger partial charge in [0, 0.05) is 45.6 Å². The van der Waals surface area contributed by atoms with Gasteiger partial charge in [0.2, 0.25) is 17.7 Å². The second-order valence-corrected chi connectivity index (χ2v) is 6.61. The maximum atomic E-state index is 12.5. The monoisotopic (exact) mass is 293 g/mol. The summed E-state index contributed by atoms with van der Waals surface area (Å²) in [5.74, 6) is 0.172. The summed E-state index contributed by atoms with van der Waals surface area (Å²) < 4.78 is 0. The van der Waals surface area contributed by atoms with Crippen LogP contribution in [0.4, 0.5) is 0 Å². The largest absolute Gasteiger partial charge is 0.356 e. The van der Waals surface area contributed by atoms with E-state index in [0.29, 0.717) is 39.0 Å². The summed E-state index contributed by atoms with van der Waals surface area (Å²) in [7, 11) is 0. The first-order valence-electron chi connectivity index (χ1n) is 7.86. The SMILES string of the molecule is CCN1CC(C(=O)N2CCC3(CC2)CNC(=O)C3)CC1=O. The van der Waals surface area contributed by atoms with Gasteiger partial charge in [0.05, 0.1) is 5.92 Å². The Kier molecular flexibility index (Phi) is 3.63. The van der Waals surface area contributed by atoms with Crippen LogP contribution in [0.15, 0.2) is 0 Å². The number of amides is 3. The number of rotatable bonds is 2. The smallest absolute Gasteiger partial charge is 0.227 e. The third-order valence-electron chi connectivity index (χ3n) is 5.28. The summed E-state index contributed by atoms with van der Waals surface area (Å²) in [5, 5.41) is 2.90. The zero-order chi connectivity index (χ0) is 15.0. The highest BCUT2D eigenvalue weighted by Gasteiger charge is 2.43. The Morgan fingerprint density at radius 1 is 1.33 bits per heavy atom. The molecule has 0 bridgehead atoms. The van der Waals surface area contributed by atoms with E-state index in [1.54, 1.807) is 4.90 Å². The van der Waals surface area contributed by atoms with Crippen LogP contribution >= 0.6 is 0 Å². The summed E-state index contributed by atoms with van der Waals surface area (Å²) in [5.41, 5.74) is 0.0643. The average molecular weight is 293 g/mol. The molecule has 1 unspecified atom stereocenters. The topological polar surface area (TPSA) is 69.7 Å². The van der Waals surface area contributed by atoms with E-state index in [4.69, 9.17) is 0 Å². The Morgan fingerprint density at radius 3 is 2.57 bits per heavy atom. The van der Waals surface area contributed by atoms with E-state index in [0.717, 1.165) is 19.4 Å². The Morgan fingerprint density at radius 2 is 2.05 bits per heavy atom. The molecular formula is C15H23N3O3. The number of nitrogens with one attached hydrogen (secondary N) is 1. The maximum absolute atomic E-state index is 12.5. The average Bonchev–Trinajstić information content (AvgIpc) is 3.03. The first kappa shape index (κ1) is 14.4. The molecule has 3 fully saturated rings. The highest BCUT2D eigenvalue weighted by molar-refractivity contribution is 5.89. The zero-order valence-electron chi connectivity index (χ0n) is 12.6. The standard InChI is InChI=1S/C15H23N3O3/c1-2-17-9-11(7-13(17)20)14(21)18-5-3-15(4-6-18)8-12(19)16-10-15/h11H,2-10H2,1H3,(H,16,19). The summed E-state index contributed by atoms with van der Waals surface area (Å²) >= 11 is 0. The third-order valence-corrected chi connectivity index (χ3v) is 5.28. The summed E-state index contributed by atoms with van der Waals surface area (Å²) in [6.45, 7) is 5.36. The van der Waals surface area contributed by atoms with Crippen molar-refractivity contribution < 1.29 is 14.4 Å². The molecule has 1 atom stereocenters. The summed E-state index contributed by atoms with van der Waals surface area (Å²) in [6.07, 6.45) is 2.72. The van der Waals surface area contributed by atoms with Crippen LogP contribution in [-0.2, 0) is 14.4 Å². The number of likely N-dealkylation sites (tertiary alicyclic amines) is 2. The predicted octanol–water partition coefficient (Wildman–Crippen LogP) is -0.0165. The molecule has 3 saturated heterocycles. The molecular weight excluding hydrogens is 270 g/mol. The van der Waals surface area contributed by atoms with Crippen LogP contribution in [0.5, 0.6) is 0 Å². The molecule has 3 aliphatic rings. The number of nitrogens with zero attached hydrogens (tertiary/aromatic N) is 2. The number of piperidine rings is 1. The van der Waals surface area contributed by atoms with Gasteiger partial charge in [0.25, 0.3) is 0 Å². The van der Waals surface area contributed by atoms with Gasteiger partial charge < -0.3 is 15.1 Å². The fourth-order valence-corrected chi connectivity index (χ4v) is 3.81. The van der Waals surface area contributed by atoms with Gasteiger partial charge in [-0.2, -0.15) is 0 Å². The second kappa shape index (κ2) is 5.31. The van der Waals surface area contributed by atoms with Crippen LogP contribution in [0.2, 0.25) is 0 Å². The van der Waals surface area contributed by atoms with E-state index in [1.807, 2.05) is 11.8 Å². The molecule has 116 valence electrons. The molecule has 3 rings (SSSR count). The van der Waals surface area contributed by atoms with E-state index in [2.05, 4.69) is 5.32 Å². The molecule has 0 aliphatic carbocycles. The molecule has 3 heterocycles. The summed E-state index contributed by atoms with van der Waals surface area (Å²) in [6, 6.07) is 0. The van der Waals surface area contributed by atoms with Gasteiger partial charge in [-0.05, 0) is 25.2 Å². The van der Waals surface area contributed by atoms with Crippen LogP contribution in [0.25, 0.3) is 0 Å². The molecule has 0 aromatic heterocycles. The Balaban J connectivity index is 1.56. The number of carbonyl (C=O) groups is 3. The van der Waals surface area contributed by atoms with E-state index in [9.17, 15) is 14.4 Å². The Bertz CT molecular complexity index is 469. The molecule has 6 heteroatoms. The van der Waals surface area contributed by atoms with Crippen molar-refractivity contribution in [3.05, 3.63) is 0 Å². The number of hydrogen-bond donors (Lipinski definition) is 1. The van der Waals surface area contributed by atoms with Crippen molar-refractivity contribution in [1.82, 2.24) is 15.1 Å². The van der Waals surface area contributed by atoms with Crippen molar-refractivity contribution in [2.24, 2.45) is 11.3 Å². The van der Waals surface area contributed by atoms with Gasteiger partial charge in [0.15, 0.2) is 0 Å². The van der Waals surface area contributed by atoms with Crippen molar-refractivity contribution in [2.45, 2.75) is 32.6 Å². The van der Waals surface area contributed by atoms with Gasteiger partial charge in [-0.3, -0.25) is 14.4 Å². The third kappa shape index (κ3) is 2.63. The minimum absolute atomic E-state index is 0.0643. The minimum atomic E-state index is -0.171. The van der Waals surface area contributed by atoms with Crippen molar-refractivity contribution in [1.29, 1.82) is 0 Å². The quantitative estimate of drug-likeness (QED) is 0.778. The van der Waals surface area contributed by atoms with E-state index >= 15 is 0 Å². The first-order valence-corrected chi connectivity index (χ1v) is 7.86. The van der Waals surface area contributed by atoms with Crippen LogP contribution in [0, 0.1) is 11.3 Å². The van der Waals surface area contributed by atoms with E-state index < -0.39 is 0 Å². The number of hydrogen-bond acceptors (Lipinski definition) is 3. The number of carbonyl (C=O) groups excluding carboxylic acids is 3. The van der Waals surface area contributed by atoms with Crippen molar-refractivity contribution in [3.63, 3.8) is 0 Å². The van der Waals surface area contributed by atoms with Crippen LogP contribution in [0.1, 0.15) is 32.6 Å². The van der Waals surface area contributed by atoms with Gasteiger partial charge in [-0.15, -0.1) is 0 Å². The molecule has 3 amide bonds. The molecule has 0 aromatic rings. The lowest BCUT2D eigenvalue weighted by Gasteiger charge is -2.39. The van der Waals surface area contributed by atoms with Gasteiger partial charge in [-0.25, -0.2) is 0 Å². The maximum Gasteiger partial charge on any atom is 0.227 e. The van der Waals surface area contributed by atoms with Gasteiger partial charge in [0.1, 0.15) is 0 Å². The molecule has 6 nitrogen and oxygen atoms in total. The molecule has 1 N–H and O–H groups in total. The highest BCUT2D eigenvalue weighted by atomic mass is 16.2. The normalized spacial score (nSPS) is 28.3. The molecule has 0 radical (unpaired) electrons. The minimum Gasteiger partial charge on any atom is -0.356 e. The predicted molar refractivity (Wildman–Crippen MR) is 76.2 cm³/mol. The molecule has 0 saturated carbocycles. The van der Waals surface area contributed by atoms with Crippen molar-refractivity contribution in [3.8, 4) is 0 Å². The van der Waals surface area contributed by atoms with Gasteiger partial charge >= 0.3 is 0 Å². The van der Waals surface area contributed by atoms with Crippen LogP contribution in [-0.4, -0.2) is 60.2 Å². The second-order valence-electron chi connectivity index (χ2n) is 6.61. The Labute approximate surface area is 124 Å². The Hall–Kier alpha value is -1.59. The van der Waals surface area contributed by atoms with Crippen molar-refractivity contribution >= 4 is 17.7 Å². The fourth-order valence-electron chi connectivity index (χ4n) is 3.81. The van der Waals surface area contributed by atoms with Crippen LogP contribution in [0.3, 0.4) is 0 Å². The lowest BCUT2D eigenvalue weighted by molar-refractivity contribution is -0.138. The molecule has 1 spiro atoms. The highest BCUT2D eigenvalue weighted by Crippen LogP contribution is 2.38. The van der Waals surface area contributed by atoms with E-state index in [-0.39, 0.29) is 29.1 Å². The molecule has 21 heavy (non-hydrogen) atoms. The fraction of sp³-hybridized carbons (Fsp3) is 0.800. The van der Waals surface area contributed by atoms with Gasteiger partial charge in [-0.1, -0.05) is 0 Å². The van der Waals surface area contributed by atoms with Crippen molar-refractivity contribution in [2.75, 3.05) is 32.7 Å². The first-order chi connectivity index (χ1) is 10.0. The lowest BCUT2D eigenvalue weighted by Crippen LogP contribution is -2.46. The summed E-state index contributed by atoms with van der Waals surface area (Å²) in [4.78, 5) is 39.4.